The van der Waals surface area contributed by atoms with Gasteiger partial charge < -0.3 is 9.26 Å². The van der Waals surface area contributed by atoms with E-state index in [0.717, 1.165) is 12.8 Å². The number of hydrogen-bond donors (Lipinski definition) is 0. The van der Waals surface area contributed by atoms with Gasteiger partial charge in [-0.2, -0.15) is 9.29 Å². The quantitative estimate of drug-likeness (QED) is 0.602. The first-order valence-electron chi connectivity index (χ1n) is 9.29. The summed E-state index contributed by atoms with van der Waals surface area (Å²) in [5.74, 6) is 1.59. The fourth-order valence-corrected chi connectivity index (χ4v) is 4.97. The molecule has 1 aliphatic heterocycles. The lowest BCUT2D eigenvalue weighted by molar-refractivity contribution is 0.261. The minimum absolute atomic E-state index is 0.115. The molecule has 0 saturated carbocycles. The first-order chi connectivity index (χ1) is 14.1. The van der Waals surface area contributed by atoms with Crippen LogP contribution in [0.2, 0.25) is 0 Å². The van der Waals surface area contributed by atoms with Gasteiger partial charge in [-0.1, -0.05) is 5.16 Å². The first kappa shape index (κ1) is 19.5. The maximum Gasteiger partial charge on any atom is 0.278 e. The Hall–Kier alpha value is -2.85. The molecule has 152 valence electrons. The van der Waals surface area contributed by atoms with Crippen molar-refractivity contribution in [3.8, 4) is 17.3 Å². The number of rotatable bonds is 6. The van der Waals surface area contributed by atoms with Gasteiger partial charge in [0, 0.05) is 31.9 Å². The van der Waals surface area contributed by atoms with Crippen molar-refractivity contribution >= 4 is 10.0 Å². The Kier molecular flexibility index (Phi) is 5.54. The number of piperidine rings is 1. The van der Waals surface area contributed by atoms with Gasteiger partial charge >= 0.3 is 0 Å². The summed E-state index contributed by atoms with van der Waals surface area (Å²) >= 11 is 0. The van der Waals surface area contributed by atoms with E-state index in [1.165, 1.54) is 4.31 Å². The molecular formula is C19H21N5O4S. The van der Waals surface area contributed by atoms with Gasteiger partial charge in [0.05, 0.1) is 18.2 Å². The van der Waals surface area contributed by atoms with Crippen molar-refractivity contribution in [1.82, 2.24) is 24.4 Å². The third-order valence-corrected chi connectivity index (χ3v) is 6.78. The van der Waals surface area contributed by atoms with E-state index in [-0.39, 0.29) is 10.8 Å². The highest BCUT2D eigenvalue weighted by Crippen LogP contribution is 2.27. The molecule has 0 bridgehead atoms. The van der Waals surface area contributed by atoms with Crippen LogP contribution < -0.4 is 4.74 Å². The minimum atomic E-state index is -3.55. The lowest BCUT2D eigenvalue weighted by Gasteiger charge is -2.31. The van der Waals surface area contributed by atoms with Crippen LogP contribution in [0.15, 0.2) is 52.3 Å². The lowest BCUT2D eigenvalue weighted by Crippen LogP contribution is -2.40. The third-order valence-electron chi connectivity index (χ3n) is 4.90. The topological polar surface area (TPSA) is 111 Å². The maximum absolute atomic E-state index is 13.0. The standard InChI is InChI=1S/C19H21N5O4S/c1-27-15-4-6-16(7-5-15)29(25,26)24-10-2-3-14(13-24)11-18-22-19(28-23-18)17-12-20-8-9-21-17/h4-9,12,14H,2-3,10-11,13H2,1H3. The fraction of sp³-hybridized carbons (Fsp3) is 0.368. The van der Waals surface area contributed by atoms with Gasteiger partial charge in [-0.3, -0.25) is 4.98 Å². The van der Waals surface area contributed by atoms with E-state index in [2.05, 4.69) is 20.1 Å². The van der Waals surface area contributed by atoms with Crippen LogP contribution in [-0.4, -0.2) is 53.0 Å². The Labute approximate surface area is 168 Å². The number of aromatic nitrogens is 4. The van der Waals surface area contributed by atoms with Crippen molar-refractivity contribution < 1.29 is 17.7 Å². The zero-order valence-electron chi connectivity index (χ0n) is 15.9. The molecule has 10 heteroatoms. The highest BCUT2D eigenvalue weighted by molar-refractivity contribution is 7.89. The van der Waals surface area contributed by atoms with Crippen LogP contribution in [0.3, 0.4) is 0 Å². The summed E-state index contributed by atoms with van der Waals surface area (Å²) in [6, 6.07) is 6.46. The van der Waals surface area contributed by atoms with Crippen molar-refractivity contribution in [3.05, 3.63) is 48.7 Å². The van der Waals surface area contributed by atoms with Gasteiger partial charge in [-0.25, -0.2) is 13.4 Å². The molecule has 1 aliphatic rings. The molecule has 3 aromatic rings. The van der Waals surface area contributed by atoms with Crippen LogP contribution in [0, 0.1) is 5.92 Å². The average molecular weight is 415 g/mol. The van der Waals surface area contributed by atoms with Crippen LogP contribution in [0.4, 0.5) is 0 Å². The predicted octanol–water partition coefficient (Wildman–Crippen LogP) is 2.18. The van der Waals surface area contributed by atoms with E-state index in [0.29, 0.717) is 42.7 Å². The molecule has 0 radical (unpaired) electrons. The molecule has 1 atom stereocenters. The second kappa shape index (κ2) is 8.26. The number of benzene rings is 1. The molecule has 2 aromatic heterocycles. The summed E-state index contributed by atoms with van der Waals surface area (Å²) in [6.07, 6.45) is 6.92. The van der Waals surface area contributed by atoms with Gasteiger partial charge in [0.2, 0.25) is 10.0 Å². The Morgan fingerprint density at radius 1 is 1.24 bits per heavy atom. The summed E-state index contributed by atoms with van der Waals surface area (Å²) in [5.41, 5.74) is 0.513. The second-order valence-corrected chi connectivity index (χ2v) is 8.80. The van der Waals surface area contributed by atoms with Crippen molar-refractivity contribution in [3.63, 3.8) is 0 Å². The summed E-state index contributed by atoms with van der Waals surface area (Å²) in [6.45, 7) is 0.922. The zero-order chi connectivity index (χ0) is 20.3. The van der Waals surface area contributed by atoms with Crippen molar-refractivity contribution in [2.24, 2.45) is 5.92 Å². The molecule has 0 N–H and O–H groups in total. The van der Waals surface area contributed by atoms with E-state index in [4.69, 9.17) is 9.26 Å². The van der Waals surface area contributed by atoms with Gasteiger partial charge in [0.1, 0.15) is 11.4 Å². The van der Waals surface area contributed by atoms with Gasteiger partial charge in [-0.15, -0.1) is 0 Å². The van der Waals surface area contributed by atoms with E-state index in [1.54, 1.807) is 50.0 Å². The first-order valence-corrected chi connectivity index (χ1v) is 10.7. The molecule has 0 spiro atoms. The zero-order valence-corrected chi connectivity index (χ0v) is 16.7. The van der Waals surface area contributed by atoms with Crippen LogP contribution in [-0.2, 0) is 16.4 Å². The minimum Gasteiger partial charge on any atom is -0.497 e. The summed E-state index contributed by atoms with van der Waals surface area (Å²) in [4.78, 5) is 12.8. The van der Waals surface area contributed by atoms with Gasteiger partial charge in [0.15, 0.2) is 5.82 Å². The molecule has 1 aromatic carbocycles. The van der Waals surface area contributed by atoms with Gasteiger partial charge in [0.25, 0.3) is 5.89 Å². The van der Waals surface area contributed by atoms with E-state index in [1.807, 2.05) is 0 Å². The van der Waals surface area contributed by atoms with E-state index in [9.17, 15) is 8.42 Å². The van der Waals surface area contributed by atoms with Crippen molar-refractivity contribution in [1.29, 1.82) is 0 Å². The molecule has 1 unspecified atom stereocenters. The average Bonchev–Trinajstić information content (AvgIpc) is 3.23. The predicted molar refractivity (Wildman–Crippen MR) is 104 cm³/mol. The summed E-state index contributed by atoms with van der Waals surface area (Å²) in [7, 11) is -2.01. The molecule has 9 nitrogen and oxygen atoms in total. The Balaban J connectivity index is 1.45. The summed E-state index contributed by atoms with van der Waals surface area (Å²) < 4.78 is 37.9. The smallest absolute Gasteiger partial charge is 0.278 e. The molecule has 0 aliphatic carbocycles. The normalized spacial score (nSPS) is 17.9. The van der Waals surface area contributed by atoms with Crippen LogP contribution in [0.25, 0.3) is 11.6 Å². The SMILES string of the molecule is COc1ccc(S(=O)(=O)N2CCCC(Cc3noc(-c4cnccn4)n3)C2)cc1. The number of sulfonamides is 1. The highest BCUT2D eigenvalue weighted by atomic mass is 32.2. The number of methoxy groups -OCH3 is 1. The third kappa shape index (κ3) is 4.28. The van der Waals surface area contributed by atoms with E-state index < -0.39 is 10.0 Å². The maximum atomic E-state index is 13.0. The molecular weight excluding hydrogens is 394 g/mol. The molecule has 1 fully saturated rings. The largest absolute Gasteiger partial charge is 0.497 e. The van der Waals surface area contributed by atoms with Crippen LogP contribution in [0.5, 0.6) is 5.75 Å². The summed E-state index contributed by atoms with van der Waals surface area (Å²) in [5, 5.41) is 4.02. The molecule has 4 rings (SSSR count). The van der Waals surface area contributed by atoms with E-state index >= 15 is 0 Å². The van der Waals surface area contributed by atoms with Gasteiger partial charge in [-0.05, 0) is 43.0 Å². The monoisotopic (exact) mass is 415 g/mol. The molecule has 3 heterocycles. The Morgan fingerprint density at radius 2 is 2.07 bits per heavy atom. The fourth-order valence-electron chi connectivity index (χ4n) is 3.42. The highest BCUT2D eigenvalue weighted by Gasteiger charge is 2.31. The van der Waals surface area contributed by atoms with Crippen molar-refractivity contribution in [2.75, 3.05) is 20.2 Å². The second-order valence-electron chi connectivity index (χ2n) is 6.86. The number of hydrogen-bond acceptors (Lipinski definition) is 8. The van der Waals surface area contributed by atoms with Crippen LogP contribution >= 0.6 is 0 Å². The number of nitrogens with zero attached hydrogens (tertiary/aromatic N) is 5. The lowest BCUT2D eigenvalue weighted by atomic mass is 9.96. The molecule has 29 heavy (non-hydrogen) atoms. The number of ether oxygens (including phenoxy) is 1. The molecule has 0 amide bonds. The Bertz CT molecular complexity index is 1050. The Morgan fingerprint density at radius 3 is 2.79 bits per heavy atom. The van der Waals surface area contributed by atoms with Crippen molar-refractivity contribution in [2.45, 2.75) is 24.2 Å². The van der Waals surface area contributed by atoms with Crippen LogP contribution in [0.1, 0.15) is 18.7 Å². The molecule has 1 saturated heterocycles.